The minimum absolute atomic E-state index is 1.04. The summed E-state index contributed by atoms with van der Waals surface area (Å²) in [5, 5.41) is 55.3. The van der Waals surface area contributed by atoms with Crippen LogP contribution in [0.2, 0.25) is 0 Å². The molecule has 0 bridgehead atoms. The molecule has 0 radical (unpaired) electrons. The van der Waals surface area contributed by atoms with Crippen molar-refractivity contribution < 1.29 is 0 Å². The standard InChI is InChI=1S/C101H234N30/c1-102-45-17-61-118(62-18-46-103-2)77-33-85-126(86-34-78-119(63-19-47-104-3)64-20-48-105-4)93-41-97-130(98-42-94-127(87-35-79-120(65-21-49-106-5)66-22-50-107-6)88-36-80-121(67-23-51-108-7)68-24-52-109-8)101-131(99-43-95-128(89-37-81-122(69-25-53-110-9)70-26-54-111-10)90-38-82-123(71-27-55-112-11)72-28-56-113-12)100-44-96-129(91-39-83-124(73-29-57-114-13)74-30-58-115-14)92-40-84-125(75-31-59-116-15)76-32-60-117-16/h102-117H,17-101H2,1-16H3. The van der Waals surface area contributed by atoms with E-state index in [0.717, 1.165) is 216 Å². The second-order valence-corrected chi connectivity index (χ2v) is 38.0. The van der Waals surface area contributed by atoms with Crippen molar-refractivity contribution in [2.24, 2.45) is 0 Å². The zero-order valence-electron chi connectivity index (χ0n) is 90.4. The molecule has 0 heterocycles. The van der Waals surface area contributed by atoms with Gasteiger partial charge in [-0.25, -0.2) is 0 Å². The van der Waals surface area contributed by atoms with Crippen LogP contribution in [0.1, 0.15) is 180 Å². The van der Waals surface area contributed by atoms with Gasteiger partial charge in [0.2, 0.25) is 0 Å². The minimum atomic E-state index is 1.04. The van der Waals surface area contributed by atoms with Gasteiger partial charge in [0.25, 0.3) is 0 Å². The quantitative estimate of drug-likeness (QED) is 0.0308. The lowest BCUT2D eigenvalue weighted by Crippen LogP contribution is -2.43. The van der Waals surface area contributed by atoms with Gasteiger partial charge < -0.3 is 144 Å². The van der Waals surface area contributed by atoms with Gasteiger partial charge in [-0.3, -0.25) is 9.80 Å². The molecule has 788 valence electrons. The highest BCUT2D eigenvalue weighted by molar-refractivity contribution is 4.77. The molecule has 0 aliphatic carbocycles. The molecule has 0 unspecified atom stereocenters. The van der Waals surface area contributed by atoms with Crippen LogP contribution < -0.4 is 85.1 Å². The predicted octanol–water partition coefficient (Wildman–Crippen LogP) is 3.61. The SMILES string of the molecule is CNCCCN(CCCNC)CCCN(CCCN(CCCNC)CCCNC)CCCN(CCCN(CCCN(CCCNC)CCCNC)CCCN(CCCNC)CCCNC)CN(CCCN(CCCN(CCCNC)CCCNC)CCCN(CCCNC)CCCNC)CCCN(CCCN(CCCNC)CCCNC)CCCN(CCCNC)CCCNC. The smallest absolute Gasteiger partial charge is 0.0506 e. The van der Waals surface area contributed by atoms with Crippen molar-refractivity contribution >= 4 is 0 Å². The highest BCUT2D eigenvalue weighted by Crippen LogP contribution is 2.14. The van der Waals surface area contributed by atoms with Gasteiger partial charge in [0.15, 0.2) is 0 Å². The molecule has 0 fully saturated rings. The maximum absolute atomic E-state index is 3.46. The minimum Gasteiger partial charge on any atom is -0.320 e. The second kappa shape index (κ2) is 105. The average Bonchev–Trinajstić information content (AvgIpc) is 0.914. The zero-order valence-corrected chi connectivity index (χ0v) is 90.4. The highest BCUT2D eigenvalue weighted by atomic mass is 15.3. The van der Waals surface area contributed by atoms with E-state index >= 15 is 0 Å². The molecule has 0 amide bonds. The maximum atomic E-state index is 3.46. The Bertz CT molecular complexity index is 1670. The molecule has 0 aromatic heterocycles. The number of nitrogens with zero attached hydrogens (tertiary/aromatic N) is 14. The van der Waals surface area contributed by atoms with Crippen molar-refractivity contribution in [2.45, 2.75) is 180 Å². The van der Waals surface area contributed by atoms with Gasteiger partial charge in [-0.15, -0.1) is 0 Å². The van der Waals surface area contributed by atoms with Crippen molar-refractivity contribution in [1.82, 2.24) is 154 Å². The Labute approximate surface area is 815 Å². The zero-order chi connectivity index (χ0) is 95.5. The molecule has 30 nitrogen and oxygen atoms in total. The number of nitrogens with one attached hydrogen (secondary N) is 16. The van der Waals surface area contributed by atoms with Crippen LogP contribution in [0.25, 0.3) is 0 Å². The Hall–Kier alpha value is -1.20. The molecular formula is C101H234N30. The molecule has 0 saturated heterocycles. The lowest BCUT2D eigenvalue weighted by atomic mass is 10.2. The van der Waals surface area contributed by atoms with Crippen LogP contribution in [0.15, 0.2) is 0 Å². The van der Waals surface area contributed by atoms with Gasteiger partial charge >= 0.3 is 0 Å². The summed E-state index contributed by atoms with van der Waals surface area (Å²) >= 11 is 0. The van der Waals surface area contributed by atoms with E-state index in [1.807, 2.05) is 0 Å². The highest BCUT2D eigenvalue weighted by Gasteiger charge is 2.21. The Morgan fingerprint density at radius 3 is 0.214 bits per heavy atom. The summed E-state index contributed by atoms with van der Waals surface area (Å²) in [5.41, 5.74) is 0. The first-order valence-corrected chi connectivity index (χ1v) is 54.9. The third kappa shape index (κ3) is 86.4. The second-order valence-electron chi connectivity index (χ2n) is 38.0. The van der Waals surface area contributed by atoms with Crippen LogP contribution in [-0.2, 0) is 0 Å². The van der Waals surface area contributed by atoms with E-state index in [0.29, 0.717) is 0 Å². The molecule has 0 aromatic carbocycles. The number of hydrogen-bond donors (Lipinski definition) is 16. The fraction of sp³-hybridized carbons (Fsp3) is 1.00. The van der Waals surface area contributed by atoms with E-state index in [4.69, 9.17) is 0 Å². The Balaban J connectivity index is 8.70. The third-order valence-corrected chi connectivity index (χ3v) is 26.2. The maximum Gasteiger partial charge on any atom is 0.0506 e. The number of hydrogen-bond acceptors (Lipinski definition) is 30. The van der Waals surface area contributed by atoms with Crippen LogP contribution in [0.5, 0.6) is 0 Å². The van der Waals surface area contributed by atoms with Crippen molar-refractivity contribution in [3.8, 4) is 0 Å². The summed E-state index contributed by atoms with van der Waals surface area (Å²) in [6, 6.07) is 0. The Morgan fingerprint density at radius 2 is 0.145 bits per heavy atom. The van der Waals surface area contributed by atoms with Gasteiger partial charge in [-0.05, 0) is 633 Å². The first kappa shape index (κ1) is 130. The summed E-state index contributed by atoms with van der Waals surface area (Å²) in [6.45, 7) is 64.7. The summed E-state index contributed by atoms with van der Waals surface area (Å²) in [6.07, 6.45) is 33.7. The topological polar surface area (TPSA) is 238 Å². The van der Waals surface area contributed by atoms with Crippen molar-refractivity contribution in [1.29, 1.82) is 0 Å². The monoisotopic (exact) mass is 1870 g/mol. The molecule has 0 saturated carbocycles. The summed E-state index contributed by atoms with van der Waals surface area (Å²) in [4.78, 5) is 40.0. The molecule has 0 spiro atoms. The first-order valence-electron chi connectivity index (χ1n) is 54.9. The molecular weight excluding hydrogens is 1630 g/mol. The van der Waals surface area contributed by atoms with E-state index in [1.165, 1.54) is 337 Å². The lowest BCUT2D eigenvalue weighted by molar-refractivity contribution is 0.106. The Morgan fingerprint density at radius 1 is 0.0840 bits per heavy atom. The molecule has 30 heteroatoms. The predicted molar refractivity (Wildman–Crippen MR) is 577 cm³/mol. The van der Waals surface area contributed by atoms with Crippen molar-refractivity contribution in [3.63, 3.8) is 0 Å². The molecule has 16 N–H and O–H groups in total. The molecule has 0 rings (SSSR count). The lowest BCUT2D eigenvalue weighted by Gasteiger charge is -2.34. The van der Waals surface area contributed by atoms with Gasteiger partial charge in [-0.1, -0.05) is 0 Å². The molecule has 0 aliphatic heterocycles. The van der Waals surface area contributed by atoms with Crippen LogP contribution >= 0.6 is 0 Å². The summed E-state index contributed by atoms with van der Waals surface area (Å²) in [7, 11) is 33.8. The van der Waals surface area contributed by atoms with E-state index in [2.05, 4.69) is 266 Å². The Kier molecular flexibility index (Phi) is 104. The summed E-state index contributed by atoms with van der Waals surface area (Å²) in [5.74, 6) is 0. The van der Waals surface area contributed by atoms with Crippen LogP contribution in [0, 0.1) is 0 Å². The fourth-order valence-electron chi connectivity index (χ4n) is 18.7. The van der Waals surface area contributed by atoms with Crippen LogP contribution in [0.3, 0.4) is 0 Å². The first-order chi connectivity index (χ1) is 64.5. The fourth-order valence-corrected chi connectivity index (χ4v) is 18.7. The van der Waals surface area contributed by atoms with E-state index < -0.39 is 0 Å². The van der Waals surface area contributed by atoms with Gasteiger partial charge in [0, 0.05) is 26.2 Å². The van der Waals surface area contributed by atoms with Crippen LogP contribution in [-0.4, -0.2) is 555 Å². The van der Waals surface area contributed by atoms with Gasteiger partial charge in [-0.2, -0.15) is 0 Å². The normalized spacial score (nSPS) is 12.5. The third-order valence-electron chi connectivity index (χ3n) is 26.2. The van der Waals surface area contributed by atoms with Gasteiger partial charge in [0.05, 0.1) is 6.67 Å². The van der Waals surface area contributed by atoms with E-state index in [9.17, 15) is 0 Å². The largest absolute Gasteiger partial charge is 0.320 e. The van der Waals surface area contributed by atoms with Gasteiger partial charge in [0.1, 0.15) is 0 Å². The molecule has 0 aliphatic rings. The number of rotatable bonds is 114. The van der Waals surface area contributed by atoms with E-state index in [1.54, 1.807) is 0 Å². The summed E-state index contributed by atoms with van der Waals surface area (Å²) < 4.78 is 0. The molecule has 0 atom stereocenters. The van der Waals surface area contributed by atoms with Crippen molar-refractivity contribution in [2.75, 3.05) is 486 Å². The average molecular weight is 1870 g/mol. The molecule has 131 heavy (non-hydrogen) atoms. The van der Waals surface area contributed by atoms with Crippen molar-refractivity contribution in [3.05, 3.63) is 0 Å². The van der Waals surface area contributed by atoms with Crippen LogP contribution in [0.4, 0.5) is 0 Å². The molecule has 0 aromatic rings. The van der Waals surface area contributed by atoms with E-state index in [-0.39, 0.29) is 0 Å².